The lowest BCUT2D eigenvalue weighted by molar-refractivity contribution is -0.136. The minimum absolute atomic E-state index is 0.196. The van der Waals surface area contributed by atoms with Gasteiger partial charge in [0.1, 0.15) is 11.6 Å². The Hall–Kier alpha value is -2.17. The van der Waals surface area contributed by atoms with E-state index in [0.717, 1.165) is 12.1 Å². The van der Waals surface area contributed by atoms with Crippen LogP contribution in [0.5, 0.6) is 0 Å². The molecule has 0 bridgehead atoms. The highest BCUT2D eigenvalue weighted by atomic mass is 19.1. The third-order valence-electron chi connectivity index (χ3n) is 1.90. The lowest BCUT2D eigenvalue weighted by Gasteiger charge is -2.03. The normalized spacial score (nSPS) is 11.1. The maximum Gasteiger partial charge on any atom is 0.343 e. The molecule has 0 unspecified atom stereocenters. The minimum Gasteiger partial charge on any atom is -0.481 e. The summed E-state index contributed by atoms with van der Waals surface area (Å²) in [5.41, 5.74) is 0.203. The Balaban J connectivity index is 2.63. The zero-order valence-electron chi connectivity index (χ0n) is 9.14. The number of carboxylic acids is 1. The van der Waals surface area contributed by atoms with Crippen molar-refractivity contribution in [1.29, 1.82) is 0 Å². The van der Waals surface area contributed by atoms with Gasteiger partial charge in [0.15, 0.2) is 0 Å². The molecule has 1 N–H and O–H groups in total. The second-order valence-electron chi connectivity index (χ2n) is 3.31. The van der Waals surface area contributed by atoms with Crippen molar-refractivity contribution in [3.63, 3.8) is 0 Å². The van der Waals surface area contributed by atoms with E-state index >= 15 is 0 Å². The molecule has 0 atom stereocenters. The van der Waals surface area contributed by atoms with Crippen LogP contribution in [-0.2, 0) is 9.53 Å². The Labute approximate surface area is 97.3 Å². The number of carbonyl (C=O) groups excluding carboxylic acids is 1. The topological polar surface area (TPSA) is 63.6 Å². The Bertz CT molecular complexity index is 448. The number of hydrogen-bond donors (Lipinski definition) is 1. The monoisotopic (exact) mass is 238 g/mol. The lowest BCUT2D eigenvalue weighted by atomic mass is 10.2. The van der Waals surface area contributed by atoms with Crippen LogP contribution < -0.4 is 0 Å². The first-order valence-corrected chi connectivity index (χ1v) is 4.85. The molecule has 0 aliphatic rings. The van der Waals surface area contributed by atoms with E-state index in [2.05, 4.69) is 0 Å². The Kier molecular flexibility index (Phi) is 4.39. The van der Waals surface area contributed by atoms with Gasteiger partial charge in [-0.05, 0) is 37.3 Å². The van der Waals surface area contributed by atoms with Gasteiger partial charge in [0.2, 0.25) is 0 Å². The average Bonchev–Trinajstić information content (AvgIpc) is 2.27. The van der Waals surface area contributed by atoms with E-state index in [9.17, 15) is 14.0 Å². The molecule has 90 valence electrons. The van der Waals surface area contributed by atoms with Crippen LogP contribution in [0.4, 0.5) is 4.39 Å². The summed E-state index contributed by atoms with van der Waals surface area (Å²) in [6, 6.07) is 4.88. The molecular formula is C12H11FO4. The first kappa shape index (κ1) is 12.9. The molecule has 0 saturated heterocycles. The molecule has 0 saturated carbocycles. The lowest BCUT2D eigenvalue weighted by Crippen LogP contribution is -2.04. The molecule has 0 spiro atoms. The second-order valence-corrected chi connectivity index (χ2v) is 3.31. The second kappa shape index (κ2) is 5.79. The van der Waals surface area contributed by atoms with Crippen LogP contribution >= 0.6 is 0 Å². The van der Waals surface area contributed by atoms with Gasteiger partial charge in [-0.2, -0.15) is 0 Å². The molecule has 0 aliphatic carbocycles. The number of aliphatic carboxylic acids is 1. The van der Waals surface area contributed by atoms with Crippen LogP contribution in [0.25, 0.3) is 0 Å². The van der Waals surface area contributed by atoms with Crippen molar-refractivity contribution >= 4 is 11.9 Å². The van der Waals surface area contributed by atoms with Crippen molar-refractivity contribution in [1.82, 2.24) is 0 Å². The number of allylic oxidation sites excluding steroid dienone is 1. The summed E-state index contributed by atoms with van der Waals surface area (Å²) in [5.74, 6) is -1.91. The van der Waals surface area contributed by atoms with Gasteiger partial charge in [-0.3, -0.25) is 4.79 Å². The van der Waals surface area contributed by atoms with Crippen molar-refractivity contribution in [3.05, 3.63) is 47.5 Å². The summed E-state index contributed by atoms with van der Waals surface area (Å²) in [5, 5.41) is 8.42. The highest BCUT2D eigenvalue weighted by Gasteiger charge is 2.08. The van der Waals surface area contributed by atoms with Gasteiger partial charge < -0.3 is 9.84 Å². The number of carboxylic acid groups (broad SMARTS) is 1. The number of benzene rings is 1. The van der Waals surface area contributed by atoms with Crippen LogP contribution in [0.2, 0.25) is 0 Å². The number of rotatable bonds is 4. The molecule has 1 rings (SSSR count). The maximum atomic E-state index is 12.6. The zero-order chi connectivity index (χ0) is 12.8. The number of halogens is 1. The number of ether oxygens (including phenoxy) is 1. The van der Waals surface area contributed by atoms with Crippen LogP contribution in [0, 0.1) is 5.82 Å². The molecule has 5 heteroatoms. The van der Waals surface area contributed by atoms with Crippen molar-refractivity contribution < 1.29 is 23.8 Å². The smallest absolute Gasteiger partial charge is 0.343 e. The third-order valence-corrected chi connectivity index (χ3v) is 1.90. The highest BCUT2D eigenvalue weighted by molar-refractivity contribution is 5.90. The van der Waals surface area contributed by atoms with E-state index in [1.807, 2.05) is 0 Å². The fourth-order valence-electron chi connectivity index (χ4n) is 1.06. The largest absolute Gasteiger partial charge is 0.481 e. The Morgan fingerprint density at radius 2 is 1.94 bits per heavy atom. The summed E-state index contributed by atoms with van der Waals surface area (Å²) in [6.45, 7) is 1.48. The van der Waals surface area contributed by atoms with E-state index in [4.69, 9.17) is 9.84 Å². The predicted octanol–water partition coefficient (Wildman–Crippen LogP) is 2.36. The van der Waals surface area contributed by atoms with Crippen molar-refractivity contribution in [2.45, 2.75) is 13.3 Å². The van der Waals surface area contributed by atoms with Gasteiger partial charge in [-0.15, -0.1) is 0 Å². The Morgan fingerprint density at radius 1 is 1.35 bits per heavy atom. The quantitative estimate of drug-likeness (QED) is 0.646. The van der Waals surface area contributed by atoms with Crippen LogP contribution in [0.3, 0.4) is 0 Å². The van der Waals surface area contributed by atoms with Gasteiger partial charge in [0.05, 0.1) is 12.0 Å². The molecule has 0 radical (unpaired) electrons. The van der Waals surface area contributed by atoms with Gasteiger partial charge >= 0.3 is 11.9 Å². The standard InChI is InChI=1S/C12H11FO4/c1-8(2-7-11(14)15)17-12(16)9-3-5-10(13)6-4-9/h2-6H,7H2,1H3,(H,14,15)/b8-2-. The number of hydrogen-bond acceptors (Lipinski definition) is 3. The van der Waals surface area contributed by atoms with E-state index in [1.165, 1.54) is 25.1 Å². The molecule has 1 aromatic carbocycles. The molecule has 4 nitrogen and oxygen atoms in total. The molecule has 0 amide bonds. The molecular weight excluding hydrogens is 227 g/mol. The molecule has 1 aromatic rings. The predicted molar refractivity (Wildman–Crippen MR) is 57.8 cm³/mol. The van der Waals surface area contributed by atoms with E-state index in [0.29, 0.717) is 0 Å². The molecule has 0 aromatic heterocycles. The molecule has 0 aliphatic heterocycles. The Morgan fingerprint density at radius 3 is 2.47 bits per heavy atom. The SMILES string of the molecule is C/C(=C/CC(=O)O)OC(=O)c1ccc(F)cc1. The van der Waals surface area contributed by atoms with E-state index in [1.54, 1.807) is 0 Å². The summed E-state index contributed by atoms with van der Waals surface area (Å²) in [6.07, 6.45) is 1.06. The fraction of sp³-hybridized carbons (Fsp3) is 0.167. The molecule has 0 heterocycles. The highest BCUT2D eigenvalue weighted by Crippen LogP contribution is 2.08. The van der Waals surface area contributed by atoms with Crippen molar-refractivity contribution in [2.24, 2.45) is 0 Å². The first-order chi connectivity index (χ1) is 7.99. The summed E-state index contributed by atoms with van der Waals surface area (Å²) in [4.78, 5) is 21.7. The van der Waals surface area contributed by atoms with Crippen molar-refractivity contribution in [3.8, 4) is 0 Å². The zero-order valence-corrected chi connectivity index (χ0v) is 9.14. The van der Waals surface area contributed by atoms with Crippen LogP contribution in [0.1, 0.15) is 23.7 Å². The molecule has 17 heavy (non-hydrogen) atoms. The van der Waals surface area contributed by atoms with Crippen molar-refractivity contribution in [2.75, 3.05) is 0 Å². The summed E-state index contributed by atoms with van der Waals surface area (Å²) < 4.78 is 17.5. The fourth-order valence-corrected chi connectivity index (χ4v) is 1.06. The maximum absolute atomic E-state index is 12.6. The van der Waals surface area contributed by atoms with Gasteiger partial charge in [-0.25, -0.2) is 9.18 Å². The summed E-state index contributed by atoms with van der Waals surface area (Å²) in [7, 11) is 0. The minimum atomic E-state index is -1.01. The first-order valence-electron chi connectivity index (χ1n) is 4.85. The average molecular weight is 238 g/mol. The van der Waals surface area contributed by atoms with Gasteiger partial charge in [0.25, 0.3) is 0 Å². The number of carbonyl (C=O) groups is 2. The molecule has 0 fully saturated rings. The van der Waals surface area contributed by atoms with Crippen LogP contribution in [0.15, 0.2) is 36.1 Å². The van der Waals surface area contributed by atoms with Gasteiger partial charge in [-0.1, -0.05) is 0 Å². The van der Waals surface area contributed by atoms with Crippen LogP contribution in [-0.4, -0.2) is 17.0 Å². The summed E-state index contributed by atoms with van der Waals surface area (Å²) >= 11 is 0. The third kappa shape index (κ3) is 4.46. The van der Waals surface area contributed by atoms with E-state index < -0.39 is 17.8 Å². The van der Waals surface area contributed by atoms with E-state index in [-0.39, 0.29) is 17.7 Å². The van der Waals surface area contributed by atoms with Gasteiger partial charge in [0, 0.05) is 0 Å². The number of esters is 1.